The summed E-state index contributed by atoms with van der Waals surface area (Å²) in [6, 6.07) is 3.63. The standard InChI is InChI=1S/C11H9FO4/c12-6-1-2-10-8(3-6)9(13)4-7(16-10)5-11(14)15/h1-3,7H,4-5H2,(H,14,15). The number of ether oxygens (including phenoxy) is 1. The van der Waals surface area contributed by atoms with Crippen LogP contribution in [0.15, 0.2) is 18.2 Å². The number of ketones is 1. The summed E-state index contributed by atoms with van der Waals surface area (Å²) in [4.78, 5) is 22.1. The summed E-state index contributed by atoms with van der Waals surface area (Å²) in [5.41, 5.74) is 0.182. The van der Waals surface area contributed by atoms with Crippen LogP contribution in [0.3, 0.4) is 0 Å². The lowest BCUT2D eigenvalue weighted by Gasteiger charge is -2.23. The van der Waals surface area contributed by atoms with E-state index in [0.717, 1.165) is 6.07 Å². The highest BCUT2D eigenvalue weighted by Gasteiger charge is 2.28. The molecule has 1 aliphatic rings. The molecule has 84 valence electrons. The fourth-order valence-corrected chi connectivity index (χ4v) is 1.67. The summed E-state index contributed by atoms with van der Waals surface area (Å²) < 4.78 is 18.2. The maximum Gasteiger partial charge on any atom is 0.307 e. The molecule has 0 saturated carbocycles. The minimum atomic E-state index is -1.02. The lowest BCUT2D eigenvalue weighted by molar-refractivity contribution is -0.138. The van der Waals surface area contributed by atoms with E-state index in [2.05, 4.69) is 0 Å². The molecule has 0 amide bonds. The number of hydrogen-bond donors (Lipinski definition) is 1. The molecule has 16 heavy (non-hydrogen) atoms. The number of aliphatic carboxylic acids is 1. The Morgan fingerprint density at radius 3 is 3.00 bits per heavy atom. The molecule has 0 spiro atoms. The van der Waals surface area contributed by atoms with E-state index in [-0.39, 0.29) is 29.9 Å². The van der Waals surface area contributed by atoms with E-state index in [1.807, 2.05) is 0 Å². The first kappa shape index (κ1) is 10.6. The summed E-state index contributed by atoms with van der Waals surface area (Å²) in [6.45, 7) is 0. The van der Waals surface area contributed by atoms with Crippen molar-refractivity contribution in [1.29, 1.82) is 0 Å². The molecule has 4 nitrogen and oxygen atoms in total. The molecular formula is C11H9FO4. The second-order valence-corrected chi connectivity index (χ2v) is 3.61. The number of halogens is 1. The molecule has 2 rings (SSSR count). The van der Waals surface area contributed by atoms with Crippen molar-refractivity contribution in [3.8, 4) is 5.75 Å². The van der Waals surface area contributed by atoms with Gasteiger partial charge in [-0.1, -0.05) is 0 Å². The zero-order valence-corrected chi connectivity index (χ0v) is 8.27. The van der Waals surface area contributed by atoms with Gasteiger partial charge >= 0.3 is 5.97 Å². The van der Waals surface area contributed by atoms with Crippen LogP contribution < -0.4 is 4.74 Å². The predicted octanol–water partition coefficient (Wildman–Crippen LogP) is 1.63. The molecule has 1 aliphatic heterocycles. The van der Waals surface area contributed by atoms with E-state index in [1.165, 1.54) is 12.1 Å². The van der Waals surface area contributed by atoms with Crippen molar-refractivity contribution in [3.63, 3.8) is 0 Å². The Morgan fingerprint density at radius 2 is 2.31 bits per heavy atom. The van der Waals surface area contributed by atoms with Gasteiger partial charge in [0.1, 0.15) is 17.7 Å². The van der Waals surface area contributed by atoms with Crippen molar-refractivity contribution in [2.75, 3.05) is 0 Å². The minimum Gasteiger partial charge on any atom is -0.489 e. The predicted molar refractivity (Wildman–Crippen MR) is 52.0 cm³/mol. The van der Waals surface area contributed by atoms with Gasteiger partial charge in [0.05, 0.1) is 12.0 Å². The van der Waals surface area contributed by atoms with Gasteiger partial charge in [0.2, 0.25) is 0 Å². The van der Waals surface area contributed by atoms with Crippen molar-refractivity contribution in [3.05, 3.63) is 29.6 Å². The molecule has 1 unspecified atom stereocenters. The van der Waals surface area contributed by atoms with E-state index < -0.39 is 17.9 Å². The molecule has 0 aromatic heterocycles. The maximum absolute atomic E-state index is 12.9. The van der Waals surface area contributed by atoms with E-state index in [4.69, 9.17) is 9.84 Å². The lowest BCUT2D eigenvalue weighted by atomic mass is 9.99. The average molecular weight is 224 g/mol. The third-order valence-electron chi connectivity index (χ3n) is 2.35. The molecule has 1 N–H and O–H groups in total. The largest absolute Gasteiger partial charge is 0.489 e. The molecule has 1 atom stereocenters. The van der Waals surface area contributed by atoms with Gasteiger partial charge in [-0.15, -0.1) is 0 Å². The Labute approximate surface area is 90.6 Å². The van der Waals surface area contributed by atoms with Crippen LogP contribution in [0.5, 0.6) is 5.75 Å². The van der Waals surface area contributed by atoms with E-state index in [9.17, 15) is 14.0 Å². The monoisotopic (exact) mass is 224 g/mol. The van der Waals surface area contributed by atoms with Crippen LogP contribution in [-0.4, -0.2) is 23.0 Å². The maximum atomic E-state index is 12.9. The van der Waals surface area contributed by atoms with Crippen molar-refractivity contribution in [2.24, 2.45) is 0 Å². The molecule has 0 fully saturated rings. The third kappa shape index (κ3) is 2.03. The van der Waals surface area contributed by atoms with Gasteiger partial charge in [-0.25, -0.2) is 4.39 Å². The Morgan fingerprint density at radius 1 is 1.56 bits per heavy atom. The molecule has 0 radical (unpaired) electrons. The summed E-state index contributed by atoms with van der Waals surface area (Å²) in [6.07, 6.45) is -0.923. The van der Waals surface area contributed by atoms with Crippen LogP contribution >= 0.6 is 0 Å². The van der Waals surface area contributed by atoms with Gasteiger partial charge in [0.15, 0.2) is 5.78 Å². The number of carboxylic acids is 1. The van der Waals surface area contributed by atoms with Crippen LogP contribution in [-0.2, 0) is 4.79 Å². The van der Waals surface area contributed by atoms with Crippen molar-refractivity contribution in [2.45, 2.75) is 18.9 Å². The van der Waals surface area contributed by atoms with E-state index >= 15 is 0 Å². The summed E-state index contributed by atoms with van der Waals surface area (Å²) in [7, 11) is 0. The molecule has 1 aromatic rings. The fourth-order valence-electron chi connectivity index (χ4n) is 1.67. The van der Waals surface area contributed by atoms with Gasteiger partial charge in [0, 0.05) is 6.42 Å². The minimum absolute atomic E-state index is 0.0250. The van der Waals surface area contributed by atoms with Crippen molar-refractivity contribution in [1.82, 2.24) is 0 Å². The first-order valence-corrected chi connectivity index (χ1v) is 4.77. The third-order valence-corrected chi connectivity index (χ3v) is 2.35. The van der Waals surface area contributed by atoms with Gasteiger partial charge in [-0.3, -0.25) is 9.59 Å². The summed E-state index contributed by atoms with van der Waals surface area (Å²) in [5, 5.41) is 8.59. The highest BCUT2D eigenvalue weighted by Crippen LogP contribution is 2.29. The van der Waals surface area contributed by atoms with Gasteiger partial charge in [-0.2, -0.15) is 0 Å². The van der Waals surface area contributed by atoms with Crippen LogP contribution in [0.4, 0.5) is 4.39 Å². The number of Topliss-reactive ketones (excluding diaryl/α,β-unsaturated/α-hetero) is 1. The van der Waals surface area contributed by atoms with Crippen LogP contribution in [0.25, 0.3) is 0 Å². The highest BCUT2D eigenvalue weighted by atomic mass is 19.1. The Balaban J connectivity index is 2.26. The van der Waals surface area contributed by atoms with Crippen molar-refractivity contribution < 1.29 is 23.8 Å². The molecule has 0 aliphatic carbocycles. The van der Waals surface area contributed by atoms with Crippen molar-refractivity contribution >= 4 is 11.8 Å². The topological polar surface area (TPSA) is 63.6 Å². The first-order valence-electron chi connectivity index (χ1n) is 4.77. The Hall–Kier alpha value is -1.91. The molecule has 1 heterocycles. The van der Waals surface area contributed by atoms with Crippen LogP contribution in [0, 0.1) is 5.82 Å². The number of rotatable bonds is 2. The fraction of sp³-hybridized carbons (Fsp3) is 0.273. The zero-order valence-electron chi connectivity index (χ0n) is 8.27. The number of carbonyl (C=O) groups excluding carboxylic acids is 1. The number of hydrogen-bond acceptors (Lipinski definition) is 3. The number of benzene rings is 1. The quantitative estimate of drug-likeness (QED) is 0.829. The number of carboxylic acid groups (broad SMARTS) is 1. The molecular weight excluding hydrogens is 215 g/mol. The van der Waals surface area contributed by atoms with Gasteiger partial charge in [-0.05, 0) is 18.2 Å². The normalized spacial score (nSPS) is 18.8. The zero-order chi connectivity index (χ0) is 11.7. The smallest absolute Gasteiger partial charge is 0.307 e. The van der Waals surface area contributed by atoms with E-state index in [0.29, 0.717) is 0 Å². The highest BCUT2D eigenvalue weighted by molar-refractivity contribution is 6.00. The second kappa shape index (κ2) is 3.92. The van der Waals surface area contributed by atoms with E-state index in [1.54, 1.807) is 0 Å². The second-order valence-electron chi connectivity index (χ2n) is 3.61. The molecule has 0 bridgehead atoms. The molecule has 0 saturated heterocycles. The summed E-state index contributed by atoms with van der Waals surface area (Å²) in [5.74, 6) is -1.56. The Kier molecular flexibility index (Phi) is 2.60. The van der Waals surface area contributed by atoms with Crippen LogP contribution in [0.1, 0.15) is 23.2 Å². The average Bonchev–Trinajstić information content (AvgIpc) is 2.18. The SMILES string of the molecule is O=C(O)CC1CC(=O)c2cc(F)ccc2O1. The van der Waals surface area contributed by atoms with Crippen LogP contribution in [0.2, 0.25) is 0 Å². The van der Waals surface area contributed by atoms with Gasteiger partial charge < -0.3 is 9.84 Å². The van der Waals surface area contributed by atoms with Gasteiger partial charge in [0.25, 0.3) is 0 Å². The number of fused-ring (bicyclic) bond motifs is 1. The molecule has 5 heteroatoms. The Bertz CT molecular complexity index is 455. The summed E-state index contributed by atoms with van der Waals surface area (Å²) >= 11 is 0. The molecule has 1 aromatic carbocycles. The first-order chi connectivity index (χ1) is 7.56. The number of carbonyl (C=O) groups is 2. The lowest BCUT2D eigenvalue weighted by Crippen LogP contribution is -2.29.